The molecule has 0 aromatic rings. The van der Waals surface area contributed by atoms with Crippen molar-refractivity contribution in [3.05, 3.63) is 0 Å². The topological polar surface area (TPSA) is 63.4 Å². The molecule has 1 saturated heterocycles. The molecule has 0 radical (unpaired) electrons. The van der Waals surface area contributed by atoms with Crippen LogP contribution in [0.4, 0.5) is 0 Å². The SMILES string of the molecule is CC(C)C(C(N)=S)N1C(=O)CCCCC1=O. The van der Waals surface area contributed by atoms with Gasteiger partial charge in [0, 0.05) is 12.8 Å². The maximum Gasteiger partial charge on any atom is 0.229 e. The van der Waals surface area contributed by atoms with E-state index < -0.39 is 6.04 Å². The molecule has 1 aliphatic heterocycles. The Morgan fingerprint density at radius 3 is 2.00 bits per heavy atom. The van der Waals surface area contributed by atoms with E-state index in [1.165, 1.54) is 4.90 Å². The van der Waals surface area contributed by atoms with Gasteiger partial charge in [-0.3, -0.25) is 14.5 Å². The average molecular weight is 242 g/mol. The molecule has 0 bridgehead atoms. The Balaban J connectivity index is 2.99. The van der Waals surface area contributed by atoms with Gasteiger partial charge in [0.15, 0.2) is 0 Å². The summed E-state index contributed by atoms with van der Waals surface area (Å²) in [5, 5.41) is 0. The summed E-state index contributed by atoms with van der Waals surface area (Å²) >= 11 is 4.96. The molecule has 1 aliphatic rings. The van der Waals surface area contributed by atoms with Crippen LogP contribution in [-0.2, 0) is 9.59 Å². The van der Waals surface area contributed by atoms with Crippen molar-refractivity contribution in [2.24, 2.45) is 11.7 Å². The van der Waals surface area contributed by atoms with Gasteiger partial charge in [-0.05, 0) is 18.8 Å². The highest BCUT2D eigenvalue weighted by molar-refractivity contribution is 7.80. The zero-order chi connectivity index (χ0) is 12.3. The molecule has 0 aromatic carbocycles. The highest BCUT2D eigenvalue weighted by atomic mass is 32.1. The largest absolute Gasteiger partial charge is 0.392 e. The lowest BCUT2D eigenvalue weighted by Gasteiger charge is -2.31. The molecule has 0 aliphatic carbocycles. The Labute approximate surface area is 101 Å². The van der Waals surface area contributed by atoms with Crippen LogP contribution in [0.2, 0.25) is 0 Å². The van der Waals surface area contributed by atoms with Crippen molar-refractivity contribution >= 4 is 29.0 Å². The number of likely N-dealkylation sites (tertiary alicyclic amines) is 1. The molecule has 90 valence electrons. The van der Waals surface area contributed by atoms with Gasteiger partial charge >= 0.3 is 0 Å². The second-order valence-corrected chi connectivity index (χ2v) is 4.93. The number of hydrogen-bond acceptors (Lipinski definition) is 3. The molecular formula is C11H18N2O2S. The molecule has 16 heavy (non-hydrogen) atoms. The smallest absolute Gasteiger partial charge is 0.229 e. The van der Waals surface area contributed by atoms with Crippen LogP contribution in [0.3, 0.4) is 0 Å². The van der Waals surface area contributed by atoms with Gasteiger partial charge in [-0.2, -0.15) is 0 Å². The molecule has 0 saturated carbocycles. The molecule has 1 unspecified atom stereocenters. The predicted octanol–water partition coefficient (Wildman–Crippen LogP) is 1.23. The first kappa shape index (κ1) is 13.1. The molecule has 1 rings (SSSR count). The number of amides is 2. The molecule has 0 spiro atoms. The predicted molar refractivity (Wildman–Crippen MR) is 65.7 cm³/mol. The first-order valence-corrected chi connectivity index (χ1v) is 6.00. The van der Waals surface area contributed by atoms with Crippen LogP contribution in [0.5, 0.6) is 0 Å². The van der Waals surface area contributed by atoms with Gasteiger partial charge in [-0.25, -0.2) is 0 Å². The molecule has 5 heteroatoms. The summed E-state index contributed by atoms with van der Waals surface area (Å²) in [6.45, 7) is 3.82. The molecule has 2 amide bonds. The quantitative estimate of drug-likeness (QED) is 0.597. The Bertz CT molecular complexity index is 297. The first-order chi connectivity index (χ1) is 7.45. The minimum Gasteiger partial charge on any atom is -0.392 e. The van der Waals surface area contributed by atoms with Crippen LogP contribution >= 0.6 is 12.2 Å². The maximum absolute atomic E-state index is 11.9. The van der Waals surface area contributed by atoms with Crippen LogP contribution in [-0.4, -0.2) is 27.7 Å². The first-order valence-electron chi connectivity index (χ1n) is 5.59. The van der Waals surface area contributed by atoms with E-state index in [-0.39, 0.29) is 22.7 Å². The summed E-state index contributed by atoms with van der Waals surface area (Å²) < 4.78 is 0. The molecule has 1 fully saturated rings. The molecule has 0 aromatic heterocycles. The van der Waals surface area contributed by atoms with Crippen LogP contribution < -0.4 is 5.73 Å². The van der Waals surface area contributed by atoms with E-state index >= 15 is 0 Å². The molecule has 1 atom stereocenters. The molecule has 1 heterocycles. The monoisotopic (exact) mass is 242 g/mol. The fraction of sp³-hybridized carbons (Fsp3) is 0.727. The third-order valence-corrected chi connectivity index (χ3v) is 3.01. The highest BCUT2D eigenvalue weighted by Gasteiger charge is 2.34. The fourth-order valence-corrected chi connectivity index (χ4v) is 2.37. The van der Waals surface area contributed by atoms with Crippen molar-refractivity contribution in [3.8, 4) is 0 Å². The number of thiocarbonyl (C=S) groups is 1. The number of nitrogens with two attached hydrogens (primary N) is 1. The lowest BCUT2D eigenvalue weighted by atomic mass is 10.0. The summed E-state index contributed by atoms with van der Waals surface area (Å²) in [5.74, 6) is -0.230. The summed E-state index contributed by atoms with van der Waals surface area (Å²) in [6, 6.07) is -0.437. The second-order valence-electron chi connectivity index (χ2n) is 4.46. The summed E-state index contributed by atoms with van der Waals surface area (Å²) in [4.78, 5) is 25.2. The molecule has 4 nitrogen and oxygen atoms in total. The Kier molecular flexibility index (Phi) is 4.41. The zero-order valence-electron chi connectivity index (χ0n) is 9.73. The zero-order valence-corrected chi connectivity index (χ0v) is 10.5. The standard InChI is InChI=1S/C11H18N2O2S/c1-7(2)10(11(12)16)13-8(14)5-3-4-6-9(13)15/h7,10H,3-6H2,1-2H3,(H2,12,16). The van der Waals surface area contributed by atoms with Gasteiger partial charge in [0.2, 0.25) is 11.8 Å². The number of carbonyl (C=O) groups excluding carboxylic acids is 2. The van der Waals surface area contributed by atoms with Crippen LogP contribution in [0, 0.1) is 5.92 Å². The van der Waals surface area contributed by atoms with Gasteiger partial charge in [-0.15, -0.1) is 0 Å². The second kappa shape index (κ2) is 5.39. The van der Waals surface area contributed by atoms with E-state index in [0.717, 1.165) is 12.8 Å². The minimum absolute atomic E-state index is 0.0588. The summed E-state index contributed by atoms with van der Waals surface area (Å²) in [7, 11) is 0. The number of nitrogens with zero attached hydrogens (tertiary/aromatic N) is 1. The van der Waals surface area contributed by atoms with Crippen molar-refractivity contribution < 1.29 is 9.59 Å². The number of rotatable bonds is 3. The Hall–Kier alpha value is -0.970. The maximum atomic E-state index is 11.9. The van der Waals surface area contributed by atoms with Gasteiger partial charge in [0.1, 0.15) is 0 Å². The van der Waals surface area contributed by atoms with Crippen LogP contribution in [0.1, 0.15) is 39.5 Å². The van der Waals surface area contributed by atoms with Gasteiger partial charge < -0.3 is 5.73 Å². The highest BCUT2D eigenvalue weighted by Crippen LogP contribution is 2.19. The van der Waals surface area contributed by atoms with Crippen molar-refractivity contribution in [2.75, 3.05) is 0 Å². The van der Waals surface area contributed by atoms with Gasteiger partial charge in [0.25, 0.3) is 0 Å². The summed E-state index contributed by atoms with van der Waals surface area (Å²) in [5.41, 5.74) is 5.63. The third-order valence-electron chi connectivity index (χ3n) is 2.77. The van der Waals surface area contributed by atoms with E-state index in [1.54, 1.807) is 0 Å². The van der Waals surface area contributed by atoms with Crippen molar-refractivity contribution in [1.29, 1.82) is 0 Å². The van der Waals surface area contributed by atoms with Crippen LogP contribution in [0.25, 0.3) is 0 Å². The van der Waals surface area contributed by atoms with E-state index in [1.807, 2.05) is 13.8 Å². The number of carbonyl (C=O) groups is 2. The average Bonchev–Trinajstić information content (AvgIpc) is 2.31. The lowest BCUT2D eigenvalue weighted by Crippen LogP contribution is -2.52. The fourth-order valence-electron chi connectivity index (χ4n) is 2.00. The Morgan fingerprint density at radius 1 is 1.25 bits per heavy atom. The lowest BCUT2D eigenvalue weighted by molar-refractivity contribution is -0.145. The van der Waals surface area contributed by atoms with Crippen LogP contribution in [0.15, 0.2) is 0 Å². The van der Waals surface area contributed by atoms with E-state index in [9.17, 15) is 9.59 Å². The normalized spacial score (nSPS) is 19.8. The third kappa shape index (κ3) is 2.78. The minimum atomic E-state index is -0.437. The van der Waals surface area contributed by atoms with Crippen molar-refractivity contribution in [1.82, 2.24) is 4.90 Å². The Morgan fingerprint density at radius 2 is 1.69 bits per heavy atom. The molecule has 2 N–H and O–H groups in total. The van der Waals surface area contributed by atoms with E-state index in [4.69, 9.17) is 18.0 Å². The van der Waals surface area contributed by atoms with Crippen molar-refractivity contribution in [2.45, 2.75) is 45.6 Å². The van der Waals surface area contributed by atoms with E-state index in [2.05, 4.69) is 0 Å². The number of imide groups is 1. The van der Waals surface area contributed by atoms with Gasteiger partial charge in [0.05, 0.1) is 11.0 Å². The van der Waals surface area contributed by atoms with Crippen molar-refractivity contribution in [3.63, 3.8) is 0 Å². The van der Waals surface area contributed by atoms with E-state index in [0.29, 0.717) is 12.8 Å². The van der Waals surface area contributed by atoms with Gasteiger partial charge in [-0.1, -0.05) is 26.1 Å². The molecular weight excluding hydrogens is 224 g/mol. The summed E-state index contributed by atoms with van der Waals surface area (Å²) in [6.07, 6.45) is 2.36. The number of hydrogen-bond donors (Lipinski definition) is 1.